The largest absolute Gasteiger partial charge is 0.467 e. The van der Waals surface area contributed by atoms with E-state index in [1.807, 2.05) is 28.5 Å². The number of nitrogens with zero attached hydrogens (tertiary/aromatic N) is 1. The van der Waals surface area contributed by atoms with E-state index in [1.54, 1.807) is 17.6 Å². The Hall–Kier alpha value is -1.55. The Morgan fingerprint density at radius 1 is 1.30 bits per heavy atom. The van der Waals surface area contributed by atoms with Crippen molar-refractivity contribution in [2.45, 2.75) is 39.8 Å². The zero-order valence-corrected chi connectivity index (χ0v) is 12.9. The number of carbonyl (C=O) groups excluding carboxylic acids is 1. The Bertz CT molecular complexity index is 466. The maximum Gasteiger partial charge on any atom is 0.223 e. The zero-order valence-electron chi connectivity index (χ0n) is 12.0. The van der Waals surface area contributed by atoms with Crippen molar-refractivity contribution in [3.63, 3.8) is 0 Å². The molecule has 2 rings (SSSR count). The van der Waals surface area contributed by atoms with Crippen molar-refractivity contribution in [1.29, 1.82) is 0 Å². The molecule has 0 unspecified atom stereocenters. The van der Waals surface area contributed by atoms with E-state index in [0.717, 1.165) is 12.2 Å². The van der Waals surface area contributed by atoms with E-state index in [-0.39, 0.29) is 5.91 Å². The van der Waals surface area contributed by atoms with Gasteiger partial charge in [-0.2, -0.15) is 0 Å². The van der Waals surface area contributed by atoms with E-state index in [1.165, 1.54) is 4.88 Å². The summed E-state index contributed by atoms with van der Waals surface area (Å²) >= 11 is 1.68. The molecule has 1 amide bonds. The summed E-state index contributed by atoms with van der Waals surface area (Å²) in [6.45, 7) is 5.49. The minimum absolute atomic E-state index is 0.198. The minimum Gasteiger partial charge on any atom is -0.467 e. The Labute approximate surface area is 124 Å². The number of amides is 1. The summed E-state index contributed by atoms with van der Waals surface area (Å²) in [4.78, 5) is 15.5. The van der Waals surface area contributed by atoms with Gasteiger partial charge in [-0.25, -0.2) is 0 Å². The van der Waals surface area contributed by atoms with Gasteiger partial charge in [0.25, 0.3) is 0 Å². The molecule has 0 aliphatic heterocycles. The van der Waals surface area contributed by atoms with Crippen molar-refractivity contribution in [1.82, 2.24) is 4.90 Å². The molecular weight excluding hydrogens is 270 g/mol. The number of hydrogen-bond donors (Lipinski definition) is 0. The average molecular weight is 291 g/mol. The Morgan fingerprint density at radius 3 is 2.75 bits per heavy atom. The number of furan rings is 1. The molecule has 0 fully saturated rings. The quantitative estimate of drug-likeness (QED) is 0.761. The van der Waals surface area contributed by atoms with Crippen molar-refractivity contribution in [2.75, 3.05) is 0 Å². The first-order chi connectivity index (χ1) is 9.65. The smallest absolute Gasteiger partial charge is 0.223 e. The van der Waals surface area contributed by atoms with Crippen LogP contribution in [0.2, 0.25) is 0 Å². The van der Waals surface area contributed by atoms with Gasteiger partial charge in [-0.05, 0) is 35.9 Å². The third-order valence-corrected chi connectivity index (χ3v) is 4.00. The summed E-state index contributed by atoms with van der Waals surface area (Å²) in [6.07, 6.45) is 3.18. The molecule has 0 aliphatic carbocycles. The van der Waals surface area contributed by atoms with Crippen LogP contribution in [-0.4, -0.2) is 10.8 Å². The highest BCUT2D eigenvalue weighted by Crippen LogP contribution is 2.17. The third kappa shape index (κ3) is 4.53. The van der Waals surface area contributed by atoms with Crippen LogP contribution < -0.4 is 0 Å². The predicted octanol–water partition coefficient (Wildman–Crippen LogP) is 4.31. The van der Waals surface area contributed by atoms with Crippen molar-refractivity contribution in [2.24, 2.45) is 5.92 Å². The molecule has 4 heteroatoms. The van der Waals surface area contributed by atoms with Crippen molar-refractivity contribution in [3.05, 3.63) is 46.5 Å². The molecule has 2 heterocycles. The van der Waals surface area contributed by atoms with Gasteiger partial charge < -0.3 is 9.32 Å². The first-order valence-electron chi connectivity index (χ1n) is 6.97. The molecule has 0 aliphatic rings. The lowest BCUT2D eigenvalue weighted by Gasteiger charge is -2.21. The van der Waals surface area contributed by atoms with Crippen LogP contribution in [0.3, 0.4) is 0 Å². The van der Waals surface area contributed by atoms with Gasteiger partial charge in [0, 0.05) is 11.3 Å². The summed E-state index contributed by atoms with van der Waals surface area (Å²) in [5, 5.41) is 2.04. The number of carbonyl (C=O) groups is 1. The lowest BCUT2D eigenvalue weighted by atomic mass is 10.1. The molecule has 108 valence electrons. The molecule has 2 aromatic heterocycles. The first kappa shape index (κ1) is 14.9. The monoisotopic (exact) mass is 291 g/mol. The second kappa shape index (κ2) is 7.29. The van der Waals surface area contributed by atoms with Crippen molar-refractivity contribution in [3.8, 4) is 0 Å². The van der Waals surface area contributed by atoms with Gasteiger partial charge >= 0.3 is 0 Å². The fourth-order valence-corrected chi connectivity index (χ4v) is 2.70. The van der Waals surface area contributed by atoms with E-state index in [9.17, 15) is 4.79 Å². The lowest BCUT2D eigenvalue weighted by molar-refractivity contribution is -0.133. The maximum absolute atomic E-state index is 12.4. The molecule has 0 bridgehead atoms. The Balaban J connectivity index is 2.00. The minimum atomic E-state index is 0.198. The van der Waals surface area contributed by atoms with E-state index >= 15 is 0 Å². The van der Waals surface area contributed by atoms with Crippen LogP contribution in [0.4, 0.5) is 0 Å². The summed E-state index contributed by atoms with van der Waals surface area (Å²) in [7, 11) is 0. The third-order valence-electron chi connectivity index (χ3n) is 3.14. The topological polar surface area (TPSA) is 33.5 Å². The first-order valence-corrected chi connectivity index (χ1v) is 7.85. The fraction of sp³-hybridized carbons (Fsp3) is 0.438. The van der Waals surface area contributed by atoms with E-state index in [0.29, 0.717) is 25.4 Å². The van der Waals surface area contributed by atoms with Crippen LogP contribution >= 0.6 is 11.3 Å². The number of thiophene rings is 1. The normalized spacial score (nSPS) is 10.9. The van der Waals surface area contributed by atoms with Gasteiger partial charge in [-0.1, -0.05) is 19.9 Å². The van der Waals surface area contributed by atoms with Crippen LogP contribution in [0.15, 0.2) is 40.3 Å². The highest BCUT2D eigenvalue weighted by Gasteiger charge is 2.16. The summed E-state index contributed by atoms with van der Waals surface area (Å²) < 4.78 is 5.37. The fourth-order valence-electron chi connectivity index (χ4n) is 1.98. The van der Waals surface area contributed by atoms with Crippen molar-refractivity contribution >= 4 is 17.2 Å². The van der Waals surface area contributed by atoms with Gasteiger partial charge in [-0.3, -0.25) is 4.79 Å². The van der Waals surface area contributed by atoms with E-state index in [4.69, 9.17) is 4.42 Å². The molecule has 0 aromatic carbocycles. The second-order valence-electron chi connectivity index (χ2n) is 5.34. The van der Waals surface area contributed by atoms with Crippen LogP contribution in [0.1, 0.15) is 37.3 Å². The Morgan fingerprint density at radius 2 is 2.15 bits per heavy atom. The summed E-state index contributed by atoms with van der Waals surface area (Å²) in [5.41, 5.74) is 0. The van der Waals surface area contributed by atoms with Gasteiger partial charge in [0.1, 0.15) is 5.76 Å². The van der Waals surface area contributed by atoms with E-state index in [2.05, 4.69) is 19.9 Å². The van der Waals surface area contributed by atoms with Crippen LogP contribution in [0.25, 0.3) is 0 Å². The molecule has 2 aromatic rings. The standard InChI is InChI=1S/C16H21NO2S/c1-13(2)7-8-16(18)17(11-14-5-3-9-19-14)12-15-6-4-10-20-15/h3-6,9-10,13H,7-8,11-12H2,1-2H3. The van der Waals surface area contributed by atoms with Gasteiger partial charge in [0.05, 0.1) is 19.4 Å². The van der Waals surface area contributed by atoms with Gasteiger partial charge in [0.2, 0.25) is 5.91 Å². The molecule has 0 atom stereocenters. The molecule has 0 saturated carbocycles. The SMILES string of the molecule is CC(C)CCC(=O)N(Cc1ccco1)Cc1cccs1. The average Bonchev–Trinajstić information content (AvgIpc) is 3.08. The molecule has 20 heavy (non-hydrogen) atoms. The second-order valence-corrected chi connectivity index (χ2v) is 6.37. The van der Waals surface area contributed by atoms with E-state index < -0.39 is 0 Å². The number of rotatable bonds is 7. The van der Waals surface area contributed by atoms with Crippen molar-refractivity contribution < 1.29 is 9.21 Å². The predicted molar refractivity (Wildman–Crippen MR) is 81.4 cm³/mol. The molecule has 3 nitrogen and oxygen atoms in total. The molecular formula is C16H21NO2S. The number of hydrogen-bond acceptors (Lipinski definition) is 3. The lowest BCUT2D eigenvalue weighted by Crippen LogP contribution is -2.29. The van der Waals surface area contributed by atoms with Gasteiger partial charge in [-0.15, -0.1) is 11.3 Å². The van der Waals surface area contributed by atoms with Crippen LogP contribution in [0, 0.1) is 5.92 Å². The summed E-state index contributed by atoms with van der Waals surface area (Å²) in [5.74, 6) is 1.58. The molecule has 0 N–H and O–H groups in total. The maximum atomic E-state index is 12.4. The summed E-state index contributed by atoms with van der Waals surface area (Å²) in [6, 6.07) is 7.85. The van der Waals surface area contributed by atoms with Crippen LogP contribution in [0.5, 0.6) is 0 Å². The Kier molecular flexibility index (Phi) is 5.41. The molecule has 0 spiro atoms. The molecule has 0 saturated heterocycles. The van der Waals surface area contributed by atoms with Gasteiger partial charge in [0.15, 0.2) is 0 Å². The highest BCUT2D eigenvalue weighted by atomic mass is 32.1. The molecule has 0 radical (unpaired) electrons. The van der Waals surface area contributed by atoms with Crippen LogP contribution in [-0.2, 0) is 17.9 Å². The zero-order chi connectivity index (χ0) is 14.4. The highest BCUT2D eigenvalue weighted by molar-refractivity contribution is 7.09.